The Morgan fingerprint density at radius 3 is 2.20 bits per heavy atom. The van der Waals surface area contributed by atoms with E-state index in [-0.39, 0.29) is 11.8 Å². The molecule has 4 nitrogen and oxygen atoms in total. The van der Waals surface area contributed by atoms with Crippen molar-refractivity contribution in [3.63, 3.8) is 0 Å². The molecule has 3 aromatic rings. The zero-order valence-corrected chi connectivity index (χ0v) is 21.8. The van der Waals surface area contributed by atoms with Gasteiger partial charge < -0.3 is 10.2 Å². The van der Waals surface area contributed by atoms with Crippen molar-refractivity contribution in [1.29, 1.82) is 0 Å². The summed E-state index contributed by atoms with van der Waals surface area (Å²) in [6.07, 6.45) is 0.849. The molecule has 0 aliphatic carbocycles. The summed E-state index contributed by atoms with van der Waals surface area (Å²) < 4.78 is 0. The predicted molar refractivity (Wildman–Crippen MR) is 145 cm³/mol. The fourth-order valence-corrected chi connectivity index (χ4v) is 4.76. The first-order valence-electron chi connectivity index (χ1n) is 12.3. The lowest BCUT2D eigenvalue weighted by Gasteiger charge is -2.32. The van der Waals surface area contributed by atoms with E-state index in [4.69, 9.17) is 0 Å². The van der Waals surface area contributed by atoms with Gasteiger partial charge in [-0.05, 0) is 36.1 Å². The number of aryl methyl sites for hydroxylation is 1. The molecule has 0 spiro atoms. The number of rotatable bonds is 12. The van der Waals surface area contributed by atoms with Gasteiger partial charge in [0.05, 0.1) is 0 Å². The number of nitrogens with zero attached hydrogens (tertiary/aromatic N) is 1. The molecule has 0 radical (unpaired) electrons. The number of carbonyl (C=O) groups excluding carboxylic acids is 2. The average molecular weight is 489 g/mol. The van der Waals surface area contributed by atoms with Gasteiger partial charge in [-0.1, -0.05) is 92.2 Å². The van der Waals surface area contributed by atoms with Crippen LogP contribution in [0.25, 0.3) is 0 Å². The Labute approximate surface area is 214 Å². The molecule has 5 heteroatoms. The van der Waals surface area contributed by atoms with Gasteiger partial charge in [-0.15, -0.1) is 11.8 Å². The number of thioether (sulfide) groups is 1. The molecular weight excluding hydrogens is 452 g/mol. The topological polar surface area (TPSA) is 49.4 Å². The van der Waals surface area contributed by atoms with E-state index in [1.165, 1.54) is 0 Å². The molecule has 0 aliphatic rings. The molecule has 184 valence electrons. The molecule has 3 rings (SSSR count). The Morgan fingerprint density at radius 1 is 0.886 bits per heavy atom. The summed E-state index contributed by atoms with van der Waals surface area (Å²) in [6.45, 7) is 7.18. The molecule has 2 amide bonds. The lowest BCUT2D eigenvalue weighted by molar-refractivity contribution is -0.141. The number of amides is 2. The van der Waals surface area contributed by atoms with Gasteiger partial charge in [0.1, 0.15) is 6.04 Å². The molecule has 0 saturated heterocycles. The maximum Gasteiger partial charge on any atom is 0.243 e. The summed E-state index contributed by atoms with van der Waals surface area (Å²) in [7, 11) is 0. The summed E-state index contributed by atoms with van der Waals surface area (Å²) in [4.78, 5) is 30.0. The second kappa shape index (κ2) is 13.7. The van der Waals surface area contributed by atoms with Crippen molar-refractivity contribution in [1.82, 2.24) is 10.2 Å². The molecule has 0 saturated carbocycles. The first-order chi connectivity index (χ1) is 16.9. The van der Waals surface area contributed by atoms with Crippen LogP contribution in [0.2, 0.25) is 0 Å². The Kier molecular flexibility index (Phi) is 10.4. The van der Waals surface area contributed by atoms with E-state index < -0.39 is 6.04 Å². The predicted octanol–water partition coefficient (Wildman–Crippen LogP) is 5.89. The van der Waals surface area contributed by atoms with Crippen LogP contribution in [0, 0.1) is 12.8 Å². The van der Waals surface area contributed by atoms with Crippen molar-refractivity contribution in [3.05, 3.63) is 102 Å². The molecule has 35 heavy (non-hydrogen) atoms. The first-order valence-corrected chi connectivity index (χ1v) is 13.3. The van der Waals surface area contributed by atoms with Gasteiger partial charge in [0.25, 0.3) is 0 Å². The minimum absolute atomic E-state index is 0.00411. The van der Waals surface area contributed by atoms with Crippen LogP contribution in [0.1, 0.15) is 37.0 Å². The van der Waals surface area contributed by atoms with E-state index in [0.717, 1.165) is 21.6 Å². The number of hydrogen-bond acceptors (Lipinski definition) is 3. The number of carbonyl (C=O) groups is 2. The van der Waals surface area contributed by atoms with Crippen molar-refractivity contribution in [3.8, 4) is 0 Å². The van der Waals surface area contributed by atoms with Gasteiger partial charge in [-0.2, -0.15) is 0 Å². The Hall–Kier alpha value is -3.05. The molecule has 1 unspecified atom stereocenters. The molecule has 0 fully saturated rings. The maximum absolute atomic E-state index is 13.6. The standard InChI is InChI=1S/C30H36N2O2S/c1-23(2)21-31-30(34)28(20-25-12-6-4-7-13-25)32(22-26-14-10-11-24(3)19-26)29(33)17-18-35-27-15-8-5-9-16-27/h4-16,19,23,28H,17-18,20-22H2,1-3H3,(H,31,34). The second-order valence-corrected chi connectivity index (χ2v) is 10.4. The zero-order valence-electron chi connectivity index (χ0n) is 20.9. The summed E-state index contributed by atoms with van der Waals surface area (Å²) in [5, 5.41) is 3.08. The smallest absolute Gasteiger partial charge is 0.243 e. The Balaban J connectivity index is 1.84. The summed E-state index contributed by atoms with van der Waals surface area (Å²) in [6, 6.07) is 27.6. The molecule has 0 bridgehead atoms. The van der Waals surface area contributed by atoms with Crippen molar-refractivity contribution in [2.24, 2.45) is 5.92 Å². The van der Waals surface area contributed by atoms with E-state index in [2.05, 4.69) is 37.4 Å². The number of hydrogen-bond donors (Lipinski definition) is 1. The molecule has 3 aromatic carbocycles. The van der Waals surface area contributed by atoms with Crippen LogP contribution >= 0.6 is 11.8 Å². The first kappa shape index (κ1) is 26.6. The highest BCUT2D eigenvalue weighted by Gasteiger charge is 2.30. The molecular formula is C30H36N2O2S. The largest absolute Gasteiger partial charge is 0.354 e. The normalized spacial score (nSPS) is 11.8. The van der Waals surface area contributed by atoms with Gasteiger partial charge >= 0.3 is 0 Å². The van der Waals surface area contributed by atoms with Gasteiger partial charge in [0, 0.05) is 36.6 Å². The third-order valence-electron chi connectivity index (χ3n) is 5.72. The highest BCUT2D eigenvalue weighted by atomic mass is 32.2. The number of nitrogens with one attached hydrogen (secondary N) is 1. The van der Waals surface area contributed by atoms with Crippen molar-refractivity contribution >= 4 is 23.6 Å². The van der Waals surface area contributed by atoms with Crippen molar-refractivity contribution in [2.75, 3.05) is 12.3 Å². The minimum Gasteiger partial charge on any atom is -0.354 e. The molecule has 0 aliphatic heterocycles. The third kappa shape index (κ3) is 8.91. The lowest BCUT2D eigenvalue weighted by Crippen LogP contribution is -2.51. The van der Waals surface area contributed by atoms with Crippen LogP contribution in [0.3, 0.4) is 0 Å². The fraction of sp³-hybridized carbons (Fsp3) is 0.333. The van der Waals surface area contributed by atoms with Crippen LogP contribution in [-0.4, -0.2) is 35.1 Å². The third-order valence-corrected chi connectivity index (χ3v) is 6.73. The van der Waals surface area contributed by atoms with Crippen LogP contribution in [0.4, 0.5) is 0 Å². The van der Waals surface area contributed by atoms with Gasteiger partial charge in [0.2, 0.25) is 11.8 Å². The summed E-state index contributed by atoms with van der Waals surface area (Å²) in [5.41, 5.74) is 3.21. The van der Waals surface area contributed by atoms with Gasteiger partial charge in [0.15, 0.2) is 0 Å². The Morgan fingerprint density at radius 2 is 1.54 bits per heavy atom. The van der Waals surface area contributed by atoms with Crippen LogP contribution in [0.15, 0.2) is 89.8 Å². The molecule has 1 atom stereocenters. The Bertz CT molecular complexity index is 1070. The van der Waals surface area contributed by atoms with Gasteiger partial charge in [-0.25, -0.2) is 0 Å². The van der Waals surface area contributed by atoms with Crippen molar-refractivity contribution in [2.45, 2.75) is 51.1 Å². The van der Waals surface area contributed by atoms with E-state index in [1.807, 2.05) is 73.7 Å². The summed E-state index contributed by atoms with van der Waals surface area (Å²) >= 11 is 1.67. The molecule has 0 heterocycles. The maximum atomic E-state index is 13.6. The highest BCUT2D eigenvalue weighted by molar-refractivity contribution is 7.99. The quantitative estimate of drug-likeness (QED) is 0.324. The average Bonchev–Trinajstić information content (AvgIpc) is 2.86. The van der Waals surface area contributed by atoms with Crippen LogP contribution < -0.4 is 5.32 Å². The zero-order chi connectivity index (χ0) is 25.0. The monoisotopic (exact) mass is 488 g/mol. The van der Waals surface area contributed by atoms with Crippen LogP contribution in [-0.2, 0) is 22.6 Å². The second-order valence-electron chi connectivity index (χ2n) is 9.27. The van der Waals surface area contributed by atoms with Gasteiger partial charge in [-0.3, -0.25) is 9.59 Å². The SMILES string of the molecule is Cc1cccc(CN(C(=O)CCSc2ccccc2)C(Cc2ccccc2)C(=O)NCC(C)C)c1. The van der Waals surface area contributed by atoms with E-state index in [9.17, 15) is 9.59 Å². The van der Waals surface area contributed by atoms with Crippen LogP contribution in [0.5, 0.6) is 0 Å². The lowest BCUT2D eigenvalue weighted by atomic mass is 10.0. The molecule has 1 N–H and O–H groups in total. The summed E-state index contributed by atoms with van der Waals surface area (Å²) in [5.74, 6) is 0.896. The van der Waals surface area contributed by atoms with E-state index in [1.54, 1.807) is 16.7 Å². The van der Waals surface area contributed by atoms with E-state index >= 15 is 0 Å². The fourth-order valence-electron chi connectivity index (χ4n) is 3.90. The number of benzene rings is 3. The van der Waals surface area contributed by atoms with Crippen molar-refractivity contribution < 1.29 is 9.59 Å². The highest BCUT2D eigenvalue weighted by Crippen LogP contribution is 2.21. The molecule has 0 aromatic heterocycles. The van der Waals surface area contributed by atoms with E-state index in [0.29, 0.717) is 37.6 Å². The minimum atomic E-state index is -0.578.